The predicted octanol–water partition coefficient (Wildman–Crippen LogP) is 1.16. The van der Waals surface area contributed by atoms with Crippen molar-refractivity contribution in [3.8, 4) is 11.3 Å². The molecule has 0 bridgehead atoms. The Hall–Kier alpha value is -2.44. The molecule has 2 aromatic heterocycles. The summed E-state index contributed by atoms with van der Waals surface area (Å²) in [6.07, 6.45) is 4.76. The number of aromatic nitrogens is 3. The Kier molecular flexibility index (Phi) is 3.81. The summed E-state index contributed by atoms with van der Waals surface area (Å²) in [5.74, 6) is 0.654. The fourth-order valence-electron chi connectivity index (χ4n) is 2.06. The van der Waals surface area contributed by atoms with Crippen LogP contribution in [0.2, 0.25) is 0 Å². The number of aliphatic hydroxyl groups is 2. The van der Waals surface area contributed by atoms with E-state index in [-0.39, 0.29) is 6.61 Å². The van der Waals surface area contributed by atoms with Crippen molar-refractivity contribution < 1.29 is 10.2 Å². The molecule has 0 radical (unpaired) electrons. The molecule has 3 rings (SSSR count). The van der Waals surface area contributed by atoms with Crippen molar-refractivity contribution in [2.24, 2.45) is 0 Å². The third-order valence-electron chi connectivity index (χ3n) is 3.15. The smallest absolute Gasteiger partial charge is 0.234 e. The van der Waals surface area contributed by atoms with E-state index in [4.69, 9.17) is 5.11 Å². The summed E-state index contributed by atoms with van der Waals surface area (Å²) < 4.78 is 1.87. The number of fused-ring (bicyclic) bond motifs is 1. The topological polar surface area (TPSA) is 82.7 Å². The van der Waals surface area contributed by atoms with Gasteiger partial charge in [0.25, 0.3) is 0 Å². The summed E-state index contributed by atoms with van der Waals surface area (Å²) in [4.78, 5) is 8.67. The highest BCUT2D eigenvalue weighted by Gasteiger charge is 2.06. The monoisotopic (exact) mass is 284 g/mol. The first-order valence-corrected chi connectivity index (χ1v) is 6.69. The van der Waals surface area contributed by atoms with Crippen LogP contribution < -0.4 is 5.32 Å². The van der Waals surface area contributed by atoms with E-state index in [1.165, 1.54) is 0 Å². The maximum atomic E-state index is 9.36. The van der Waals surface area contributed by atoms with Gasteiger partial charge in [0.2, 0.25) is 5.78 Å². The first-order chi connectivity index (χ1) is 10.3. The van der Waals surface area contributed by atoms with Gasteiger partial charge >= 0.3 is 0 Å². The van der Waals surface area contributed by atoms with Gasteiger partial charge in [-0.1, -0.05) is 12.1 Å². The maximum absolute atomic E-state index is 9.36. The number of hydrogen-bond acceptors (Lipinski definition) is 5. The Morgan fingerprint density at radius 1 is 1.29 bits per heavy atom. The van der Waals surface area contributed by atoms with Crippen LogP contribution in [0, 0.1) is 0 Å². The average molecular weight is 284 g/mol. The second-order valence-electron chi connectivity index (χ2n) is 4.75. The van der Waals surface area contributed by atoms with Gasteiger partial charge in [-0.15, -0.1) is 0 Å². The number of nitrogens with zero attached hydrogens (tertiary/aromatic N) is 3. The fraction of sp³-hybridized carbons (Fsp3) is 0.200. The van der Waals surface area contributed by atoms with E-state index >= 15 is 0 Å². The van der Waals surface area contributed by atoms with Crippen molar-refractivity contribution in [1.29, 1.82) is 0 Å². The number of imidazole rings is 1. The quantitative estimate of drug-likeness (QED) is 0.655. The summed E-state index contributed by atoms with van der Waals surface area (Å²) in [7, 11) is 0. The van der Waals surface area contributed by atoms with Crippen molar-refractivity contribution in [3.63, 3.8) is 0 Å². The Labute approximate surface area is 121 Å². The van der Waals surface area contributed by atoms with Gasteiger partial charge in [-0.2, -0.15) is 0 Å². The molecule has 0 spiro atoms. The number of aliphatic hydroxyl groups excluding tert-OH is 2. The fourth-order valence-corrected chi connectivity index (χ4v) is 2.06. The SMILES string of the molecule is OCC(O)CNc1cccc(-c2cn3cccnc3n2)c1. The second kappa shape index (κ2) is 5.90. The largest absolute Gasteiger partial charge is 0.394 e. The minimum Gasteiger partial charge on any atom is -0.394 e. The molecular formula is C15H16N4O2. The molecule has 1 aromatic carbocycles. The molecule has 108 valence electrons. The molecule has 0 aliphatic heterocycles. The minimum absolute atomic E-state index is 0.259. The Morgan fingerprint density at radius 3 is 3.00 bits per heavy atom. The van der Waals surface area contributed by atoms with E-state index in [9.17, 15) is 5.11 Å². The molecule has 3 N–H and O–H groups in total. The van der Waals surface area contributed by atoms with Gasteiger partial charge < -0.3 is 15.5 Å². The molecule has 6 nitrogen and oxygen atoms in total. The van der Waals surface area contributed by atoms with Crippen LogP contribution in [0.1, 0.15) is 0 Å². The van der Waals surface area contributed by atoms with Crippen molar-refractivity contribution >= 4 is 11.5 Å². The Balaban J connectivity index is 1.85. The first-order valence-electron chi connectivity index (χ1n) is 6.69. The van der Waals surface area contributed by atoms with Gasteiger partial charge in [0.15, 0.2) is 0 Å². The third kappa shape index (κ3) is 3.01. The number of benzene rings is 1. The number of nitrogens with one attached hydrogen (secondary N) is 1. The molecule has 0 fully saturated rings. The normalized spacial score (nSPS) is 12.5. The summed E-state index contributed by atoms with van der Waals surface area (Å²) in [5.41, 5.74) is 2.66. The van der Waals surface area contributed by atoms with Crippen molar-refractivity contribution in [3.05, 3.63) is 48.9 Å². The van der Waals surface area contributed by atoms with Crippen LogP contribution in [0.5, 0.6) is 0 Å². The minimum atomic E-state index is -0.770. The van der Waals surface area contributed by atoms with Crippen LogP contribution in [0.3, 0.4) is 0 Å². The van der Waals surface area contributed by atoms with Crippen LogP contribution in [0.15, 0.2) is 48.9 Å². The van der Waals surface area contributed by atoms with Gasteiger partial charge in [0.05, 0.1) is 18.4 Å². The van der Waals surface area contributed by atoms with Crippen LogP contribution in [0.4, 0.5) is 5.69 Å². The zero-order valence-electron chi connectivity index (χ0n) is 11.3. The first kappa shape index (κ1) is 13.5. The Bertz CT molecular complexity index is 708. The van der Waals surface area contributed by atoms with Crippen molar-refractivity contribution in [2.75, 3.05) is 18.5 Å². The molecule has 6 heteroatoms. The van der Waals surface area contributed by atoms with E-state index in [0.717, 1.165) is 16.9 Å². The lowest BCUT2D eigenvalue weighted by molar-refractivity contribution is 0.105. The van der Waals surface area contributed by atoms with Gasteiger partial charge in [-0.05, 0) is 18.2 Å². The summed E-state index contributed by atoms with van der Waals surface area (Å²) in [6.45, 7) is 0.0392. The molecule has 0 aliphatic carbocycles. The van der Waals surface area contributed by atoms with Gasteiger partial charge in [0, 0.05) is 36.4 Å². The van der Waals surface area contributed by atoms with Gasteiger partial charge in [-0.25, -0.2) is 9.97 Å². The predicted molar refractivity (Wildman–Crippen MR) is 80.0 cm³/mol. The van der Waals surface area contributed by atoms with E-state index in [2.05, 4.69) is 15.3 Å². The highest BCUT2D eigenvalue weighted by molar-refractivity contribution is 5.66. The molecule has 3 aromatic rings. The molecule has 2 heterocycles. The van der Waals surface area contributed by atoms with E-state index < -0.39 is 6.10 Å². The third-order valence-corrected chi connectivity index (χ3v) is 3.15. The van der Waals surface area contributed by atoms with E-state index in [1.54, 1.807) is 6.20 Å². The molecule has 0 aliphatic rings. The summed E-state index contributed by atoms with van der Waals surface area (Å²) in [5, 5.41) is 21.3. The van der Waals surface area contributed by atoms with Crippen molar-refractivity contribution in [1.82, 2.24) is 14.4 Å². The highest BCUT2D eigenvalue weighted by Crippen LogP contribution is 2.21. The van der Waals surface area contributed by atoms with Crippen LogP contribution in [-0.4, -0.2) is 43.8 Å². The number of anilines is 1. The number of hydrogen-bond donors (Lipinski definition) is 3. The molecule has 1 atom stereocenters. The molecule has 0 amide bonds. The second-order valence-corrected chi connectivity index (χ2v) is 4.75. The van der Waals surface area contributed by atoms with E-state index in [0.29, 0.717) is 12.3 Å². The summed E-state index contributed by atoms with van der Waals surface area (Å²) in [6, 6.07) is 9.59. The molecule has 0 saturated heterocycles. The molecule has 0 saturated carbocycles. The van der Waals surface area contributed by atoms with Crippen molar-refractivity contribution in [2.45, 2.75) is 6.10 Å². The van der Waals surface area contributed by atoms with Crippen LogP contribution >= 0.6 is 0 Å². The zero-order valence-corrected chi connectivity index (χ0v) is 11.3. The van der Waals surface area contributed by atoms with E-state index in [1.807, 2.05) is 47.1 Å². The lowest BCUT2D eigenvalue weighted by Gasteiger charge is -2.10. The Morgan fingerprint density at radius 2 is 2.19 bits per heavy atom. The van der Waals surface area contributed by atoms with Crippen LogP contribution in [0.25, 0.3) is 17.0 Å². The lowest BCUT2D eigenvalue weighted by atomic mass is 10.1. The molecular weight excluding hydrogens is 268 g/mol. The lowest BCUT2D eigenvalue weighted by Crippen LogP contribution is -2.22. The molecule has 21 heavy (non-hydrogen) atoms. The zero-order chi connectivity index (χ0) is 14.7. The highest BCUT2D eigenvalue weighted by atomic mass is 16.3. The maximum Gasteiger partial charge on any atom is 0.234 e. The van der Waals surface area contributed by atoms with Gasteiger partial charge in [-0.3, -0.25) is 4.40 Å². The standard InChI is InChI=1S/C15H16N4O2/c20-10-13(21)8-17-12-4-1-3-11(7-12)14-9-19-6-2-5-16-15(19)18-14/h1-7,9,13,17,20-21H,8,10H2. The number of rotatable bonds is 5. The summed E-state index contributed by atoms with van der Waals surface area (Å²) >= 11 is 0. The van der Waals surface area contributed by atoms with Crippen LogP contribution in [-0.2, 0) is 0 Å². The average Bonchev–Trinajstić information content (AvgIpc) is 2.97. The van der Waals surface area contributed by atoms with Gasteiger partial charge in [0.1, 0.15) is 0 Å². The molecule has 1 unspecified atom stereocenters.